The smallest absolute Gasteiger partial charge is 0.262 e. The number of ether oxygens (including phenoxy) is 1. The summed E-state index contributed by atoms with van der Waals surface area (Å²) in [6.07, 6.45) is 0. The molecular formula is C19H20N2O3. The molecule has 0 bridgehead atoms. The van der Waals surface area contributed by atoms with Crippen LogP contribution in [0.2, 0.25) is 0 Å². The monoisotopic (exact) mass is 324 g/mol. The van der Waals surface area contributed by atoms with E-state index in [0.29, 0.717) is 17.0 Å². The van der Waals surface area contributed by atoms with Gasteiger partial charge in [0.05, 0.1) is 11.7 Å². The zero-order valence-electron chi connectivity index (χ0n) is 13.7. The van der Waals surface area contributed by atoms with Crippen LogP contribution in [0.5, 0.6) is 5.75 Å². The van der Waals surface area contributed by atoms with Gasteiger partial charge in [-0.05, 0) is 29.7 Å². The van der Waals surface area contributed by atoms with Crippen molar-refractivity contribution < 1.29 is 14.3 Å². The Morgan fingerprint density at radius 2 is 1.92 bits per heavy atom. The van der Waals surface area contributed by atoms with Gasteiger partial charge in [-0.1, -0.05) is 44.2 Å². The van der Waals surface area contributed by atoms with Crippen molar-refractivity contribution in [2.45, 2.75) is 19.9 Å². The number of fused-ring (bicyclic) bond motifs is 1. The summed E-state index contributed by atoms with van der Waals surface area (Å²) < 4.78 is 5.32. The van der Waals surface area contributed by atoms with Crippen LogP contribution in [0.3, 0.4) is 0 Å². The van der Waals surface area contributed by atoms with Crippen LogP contribution in [0.4, 0.5) is 5.69 Å². The molecule has 1 aliphatic rings. The first kappa shape index (κ1) is 16.1. The highest BCUT2D eigenvalue weighted by atomic mass is 16.5. The Balaban J connectivity index is 1.81. The SMILES string of the molecule is CC(C)C(NC(=O)c1ccc2c(c1)NC(=O)CO2)c1ccccc1. The fraction of sp³-hybridized carbons (Fsp3) is 0.263. The number of anilines is 1. The Kier molecular flexibility index (Phi) is 4.51. The van der Waals surface area contributed by atoms with Crippen LogP contribution >= 0.6 is 0 Å². The lowest BCUT2D eigenvalue weighted by atomic mass is 9.95. The molecular weight excluding hydrogens is 304 g/mol. The van der Waals surface area contributed by atoms with Crippen molar-refractivity contribution in [2.24, 2.45) is 5.92 Å². The Hall–Kier alpha value is -2.82. The highest BCUT2D eigenvalue weighted by Crippen LogP contribution is 2.29. The van der Waals surface area contributed by atoms with E-state index < -0.39 is 0 Å². The van der Waals surface area contributed by atoms with Gasteiger partial charge in [0.15, 0.2) is 6.61 Å². The molecule has 0 aliphatic carbocycles. The third-order valence-electron chi connectivity index (χ3n) is 3.99. The van der Waals surface area contributed by atoms with E-state index >= 15 is 0 Å². The van der Waals surface area contributed by atoms with E-state index in [9.17, 15) is 9.59 Å². The topological polar surface area (TPSA) is 67.4 Å². The summed E-state index contributed by atoms with van der Waals surface area (Å²) >= 11 is 0. The standard InChI is InChI=1S/C19H20N2O3/c1-12(2)18(13-6-4-3-5-7-13)21-19(23)14-8-9-16-15(10-14)20-17(22)11-24-16/h3-10,12,18H,11H2,1-2H3,(H,20,22)(H,21,23). The molecule has 0 aromatic heterocycles. The summed E-state index contributed by atoms with van der Waals surface area (Å²) in [4.78, 5) is 24.1. The summed E-state index contributed by atoms with van der Waals surface area (Å²) in [5.41, 5.74) is 2.08. The summed E-state index contributed by atoms with van der Waals surface area (Å²) in [5.74, 6) is 0.427. The minimum atomic E-state index is -0.218. The molecule has 2 N–H and O–H groups in total. The van der Waals surface area contributed by atoms with Crippen LogP contribution in [-0.4, -0.2) is 18.4 Å². The van der Waals surface area contributed by atoms with Crippen LogP contribution in [0.15, 0.2) is 48.5 Å². The molecule has 0 radical (unpaired) electrons. The first-order chi connectivity index (χ1) is 11.5. The number of hydrogen-bond acceptors (Lipinski definition) is 3. The maximum Gasteiger partial charge on any atom is 0.262 e. The molecule has 2 aromatic rings. The number of rotatable bonds is 4. The quantitative estimate of drug-likeness (QED) is 0.908. The molecule has 2 amide bonds. The van der Waals surface area contributed by atoms with Crippen molar-refractivity contribution >= 4 is 17.5 Å². The van der Waals surface area contributed by atoms with Gasteiger partial charge in [-0.15, -0.1) is 0 Å². The predicted molar refractivity (Wildman–Crippen MR) is 92.1 cm³/mol. The molecule has 124 valence electrons. The molecule has 0 saturated carbocycles. The van der Waals surface area contributed by atoms with Crippen molar-refractivity contribution in [3.05, 3.63) is 59.7 Å². The Morgan fingerprint density at radius 1 is 1.17 bits per heavy atom. The van der Waals surface area contributed by atoms with E-state index in [1.54, 1.807) is 18.2 Å². The first-order valence-corrected chi connectivity index (χ1v) is 7.97. The summed E-state index contributed by atoms with van der Waals surface area (Å²) in [6.45, 7) is 4.14. The molecule has 1 unspecified atom stereocenters. The summed E-state index contributed by atoms with van der Waals surface area (Å²) in [7, 11) is 0. The second-order valence-electron chi connectivity index (χ2n) is 6.15. The van der Waals surface area contributed by atoms with Crippen molar-refractivity contribution in [3.63, 3.8) is 0 Å². The zero-order chi connectivity index (χ0) is 17.1. The minimum Gasteiger partial charge on any atom is -0.482 e. The number of benzene rings is 2. The van der Waals surface area contributed by atoms with Crippen molar-refractivity contribution in [1.29, 1.82) is 0 Å². The average molecular weight is 324 g/mol. The molecule has 0 spiro atoms. The molecule has 0 fully saturated rings. The lowest BCUT2D eigenvalue weighted by molar-refractivity contribution is -0.118. The molecule has 1 aliphatic heterocycles. The lowest BCUT2D eigenvalue weighted by Crippen LogP contribution is -2.32. The normalized spacial score (nSPS) is 14.4. The maximum atomic E-state index is 12.6. The molecule has 5 heteroatoms. The van der Waals surface area contributed by atoms with Crippen LogP contribution in [0.25, 0.3) is 0 Å². The van der Waals surface area contributed by atoms with Crippen LogP contribution in [-0.2, 0) is 4.79 Å². The Morgan fingerprint density at radius 3 is 2.62 bits per heavy atom. The van der Waals surface area contributed by atoms with Gasteiger partial charge in [-0.25, -0.2) is 0 Å². The zero-order valence-corrected chi connectivity index (χ0v) is 13.7. The van der Waals surface area contributed by atoms with Gasteiger partial charge in [0.1, 0.15) is 5.75 Å². The van der Waals surface area contributed by atoms with E-state index in [1.807, 2.05) is 30.3 Å². The fourth-order valence-corrected chi connectivity index (χ4v) is 2.74. The highest BCUT2D eigenvalue weighted by Gasteiger charge is 2.21. The van der Waals surface area contributed by atoms with Crippen LogP contribution < -0.4 is 15.4 Å². The Bertz CT molecular complexity index is 756. The molecule has 1 heterocycles. The first-order valence-electron chi connectivity index (χ1n) is 7.97. The van der Waals surface area contributed by atoms with Crippen LogP contribution in [0, 0.1) is 5.92 Å². The van der Waals surface area contributed by atoms with Crippen LogP contribution in [0.1, 0.15) is 35.8 Å². The summed E-state index contributed by atoms with van der Waals surface area (Å²) in [6, 6.07) is 14.9. The van der Waals surface area contributed by atoms with Gasteiger partial charge >= 0.3 is 0 Å². The largest absolute Gasteiger partial charge is 0.482 e. The highest BCUT2D eigenvalue weighted by molar-refractivity contribution is 6.00. The Labute approximate surface area is 141 Å². The molecule has 24 heavy (non-hydrogen) atoms. The van der Waals surface area contributed by atoms with Gasteiger partial charge in [0, 0.05) is 5.56 Å². The van der Waals surface area contributed by atoms with Crippen molar-refractivity contribution in [1.82, 2.24) is 5.32 Å². The molecule has 5 nitrogen and oxygen atoms in total. The number of hydrogen-bond donors (Lipinski definition) is 2. The molecule has 1 atom stereocenters. The number of carbonyl (C=O) groups excluding carboxylic acids is 2. The number of nitrogens with one attached hydrogen (secondary N) is 2. The van der Waals surface area contributed by atoms with E-state index in [4.69, 9.17) is 4.74 Å². The van der Waals surface area contributed by atoms with E-state index in [2.05, 4.69) is 24.5 Å². The summed E-state index contributed by atoms with van der Waals surface area (Å²) in [5, 5.41) is 5.79. The third-order valence-corrected chi connectivity index (χ3v) is 3.99. The van der Waals surface area contributed by atoms with Crippen molar-refractivity contribution in [3.8, 4) is 5.75 Å². The van der Waals surface area contributed by atoms with E-state index in [0.717, 1.165) is 5.56 Å². The van der Waals surface area contributed by atoms with Crippen molar-refractivity contribution in [2.75, 3.05) is 11.9 Å². The van der Waals surface area contributed by atoms with Gasteiger partial charge in [0.2, 0.25) is 0 Å². The predicted octanol–water partition coefficient (Wildman–Crippen LogP) is 3.14. The second kappa shape index (κ2) is 6.74. The van der Waals surface area contributed by atoms with E-state index in [-0.39, 0.29) is 30.4 Å². The third kappa shape index (κ3) is 3.40. The molecule has 2 aromatic carbocycles. The fourth-order valence-electron chi connectivity index (χ4n) is 2.74. The van der Waals surface area contributed by atoms with Gasteiger partial charge in [-0.3, -0.25) is 9.59 Å². The number of carbonyl (C=O) groups is 2. The average Bonchev–Trinajstić information content (AvgIpc) is 2.59. The van der Waals surface area contributed by atoms with E-state index in [1.165, 1.54) is 0 Å². The molecule has 0 saturated heterocycles. The van der Waals surface area contributed by atoms with Gasteiger partial charge in [-0.2, -0.15) is 0 Å². The minimum absolute atomic E-state index is 0.00196. The lowest BCUT2D eigenvalue weighted by Gasteiger charge is -2.23. The molecule has 3 rings (SSSR count). The van der Waals surface area contributed by atoms with Gasteiger partial charge < -0.3 is 15.4 Å². The number of amides is 2. The second-order valence-corrected chi connectivity index (χ2v) is 6.15. The maximum absolute atomic E-state index is 12.6. The van der Waals surface area contributed by atoms with Gasteiger partial charge in [0.25, 0.3) is 11.8 Å².